The summed E-state index contributed by atoms with van der Waals surface area (Å²) in [6, 6.07) is 9.19. The zero-order valence-electron chi connectivity index (χ0n) is 10.9. The number of ketones is 1. The van der Waals surface area contributed by atoms with E-state index in [-0.39, 0.29) is 6.61 Å². The molecule has 0 aliphatic heterocycles. The van der Waals surface area contributed by atoms with Gasteiger partial charge in [0.25, 0.3) is 0 Å². The monoisotopic (exact) mass is 257 g/mol. The van der Waals surface area contributed by atoms with Gasteiger partial charge in [-0.05, 0) is 25.5 Å². The fourth-order valence-electron chi connectivity index (χ4n) is 1.41. The third-order valence-corrected chi connectivity index (χ3v) is 2.45. The van der Waals surface area contributed by atoms with Crippen molar-refractivity contribution in [2.75, 3.05) is 6.61 Å². The number of hydrogen-bond acceptors (Lipinski definition) is 4. The highest BCUT2D eigenvalue weighted by molar-refractivity contribution is 6.08. The second-order valence-corrected chi connectivity index (χ2v) is 3.96. The molecular weight excluding hydrogens is 242 g/mol. The van der Waals surface area contributed by atoms with Crippen LogP contribution in [0, 0.1) is 24.2 Å². The van der Waals surface area contributed by atoms with Crippen molar-refractivity contribution in [1.29, 1.82) is 5.26 Å². The molecule has 0 saturated carbocycles. The molecule has 0 N–H and O–H groups in total. The van der Waals surface area contributed by atoms with Crippen molar-refractivity contribution in [3.63, 3.8) is 0 Å². The lowest BCUT2D eigenvalue weighted by atomic mass is 10.0. The normalized spacial score (nSPS) is 11.8. The molecule has 1 rings (SSSR count). The first-order valence-corrected chi connectivity index (χ1v) is 5.93. The molecule has 0 amide bonds. The quantitative estimate of drug-likeness (QED) is 0.461. The highest BCUT2D eigenvalue weighted by Crippen LogP contribution is 2.07. The molecule has 1 unspecified atom stereocenters. The Hall–Kier alpha value is -2.41. The summed E-state index contributed by atoms with van der Waals surface area (Å²) in [6.07, 6.45) is 2.81. The number of nitriles is 1. The van der Waals surface area contributed by atoms with Crippen LogP contribution in [-0.2, 0) is 14.3 Å². The van der Waals surface area contributed by atoms with E-state index in [1.54, 1.807) is 19.1 Å². The van der Waals surface area contributed by atoms with Crippen molar-refractivity contribution in [3.8, 4) is 6.07 Å². The van der Waals surface area contributed by atoms with Crippen LogP contribution in [0.4, 0.5) is 0 Å². The van der Waals surface area contributed by atoms with E-state index in [1.807, 2.05) is 31.2 Å². The number of nitrogens with zero attached hydrogens (tertiary/aromatic N) is 1. The molecule has 4 nitrogen and oxygen atoms in total. The van der Waals surface area contributed by atoms with E-state index in [4.69, 9.17) is 5.26 Å². The Morgan fingerprint density at radius 1 is 1.37 bits per heavy atom. The number of esters is 1. The largest absolute Gasteiger partial charge is 0.465 e. The minimum absolute atomic E-state index is 0.145. The molecule has 0 heterocycles. The first-order valence-electron chi connectivity index (χ1n) is 5.93. The molecule has 4 heteroatoms. The lowest BCUT2D eigenvalue weighted by Crippen LogP contribution is -2.23. The van der Waals surface area contributed by atoms with Crippen LogP contribution < -0.4 is 0 Å². The van der Waals surface area contributed by atoms with Crippen LogP contribution in [0.2, 0.25) is 0 Å². The number of allylic oxidation sites excluding steroid dienone is 1. The lowest BCUT2D eigenvalue weighted by Gasteiger charge is -2.04. The highest BCUT2D eigenvalue weighted by Gasteiger charge is 2.25. The van der Waals surface area contributed by atoms with Gasteiger partial charge in [0.2, 0.25) is 5.92 Å². The van der Waals surface area contributed by atoms with Crippen LogP contribution in [0.3, 0.4) is 0 Å². The van der Waals surface area contributed by atoms with Gasteiger partial charge in [0.1, 0.15) is 0 Å². The standard InChI is InChI=1S/C15H15NO3/c1-3-19-15(18)13(10-16)14(17)9-8-12-6-4-11(2)5-7-12/h4-9,13H,3H2,1-2H3. The van der Waals surface area contributed by atoms with Gasteiger partial charge in [0.15, 0.2) is 5.78 Å². The second kappa shape index (κ2) is 7.12. The van der Waals surface area contributed by atoms with Crippen LogP contribution in [-0.4, -0.2) is 18.4 Å². The predicted octanol–water partition coefficient (Wildman–Crippen LogP) is 2.28. The summed E-state index contributed by atoms with van der Waals surface area (Å²) in [5.41, 5.74) is 1.95. The van der Waals surface area contributed by atoms with Crippen LogP contribution in [0.25, 0.3) is 6.08 Å². The first-order chi connectivity index (χ1) is 9.08. The minimum Gasteiger partial charge on any atom is -0.465 e. The van der Waals surface area contributed by atoms with Gasteiger partial charge in [-0.2, -0.15) is 5.26 Å². The van der Waals surface area contributed by atoms with Crippen LogP contribution in [0.5, 0.6) is 0 Å². The van der Waals surface area contributed by atoms with Crippen molar-refractivity contribution in [3.05, 3.63) is 41.5 Å². The van der Waals surface area contributed by atoms with Gasteiger partial charge in [-0.1, -0.05) is 35.9 Å². The third kappa shape index (κ3) is 4.40. The van der Waals surface area contributed by atoms with Gasteiger partial charge >= 0.3 is 5.97 Å². The number of ether oxygens (including phenoxy) is 1. The number of carbonyl (C=O) groups excluding carboxylic acids is 2. The van der Waals surface area contributed by atoms with E-state index in [0.717, 1.165) is 11.1 Å². The number of carbonyl (C=O) groups is 2. The fourth-order valence-corrected chi connectivity index (χ4v) is 1.41. The molecule has 0 saturated heterocycles. The maximum atomic E-state index is 11.7. The van der Waals surface area contributed by atoms with Gasteiger partial charge in [-0.15, -0.1) is 0 Å². The first kappa shape index (κ1) is 14.7. The fraction of sp³-hybridized carbons (Fsp3) is 0.267. The average Bonchev–Trinajstić information content (AvgIpc) is 2.39. The van der Waals surface area contributed by atoms with Gasteiger partial charge in [0.05, 0.1) is 12.7 Å². The SMILES string of the molecule is CCOC(=O)C(C#N)C(=O)C=Cc1ccc(C)cc1. The summed E-state index contributed by atoms with van der Waals surface area (Å²) in [4.78, 5) is 23.1. The smallest absolute Gasteiger partial charge is 0.331 e. The molecule has 0 fully saturated rings. The Kier molecular flexibility index (Phi) is 5.49. The molecule has 0 aromatic heterocycles. The number of rotatable bonds is 5. The number of hydrogen-bond donors (Lipinski definition) is 0. The molecule has 0 aliphatic carbocycles. The number of benzene rings is 1. The van der Waals surface area contributed by atoms with Crippen molar-refractivity contribution >= 4 is 17.8 Å². The van der Waals surface area contributed by atoms with E-state index < -0.39 is 17.7 Å². The Balaban J connectivity index is 2.75. The molecule has 1 aromatic rings. The molecule has 19 heavy (non-hydrogen) atoms. The molecule has 1 atom stereocenters. The van der Waals surface area contributed by atoms with Crippen molar-refractivity contribution in [2.45, 2.75) is 13.8 Å². The summed E-state index contributed by atoms with van der Waals surface area (Å²) < 4.78 is 4.67. The van der Waals surface area contributed by atoms with Gasteiger partial charge in [-0.3, -0.25) is 9.59 Å². The van der Waals surface area contributed by atoms with Gasteiger partial charge in [-0.25, -0.2) is 0 Å². The average molecular weight is 257 g/mol. The molecule has 0 radical (unpaired) electrons. The van der Waals surface area contributed by atoms with E-state index in [1.165, 1.54) is 6.08 Å². The predicted molar refractivity (Wildman–Crippen MR) is 71.0 cm³/mol. The maximum Gasteiger partial charge on any atom is 0.331 e. The maximum absolute atomic E-state index is 11.7. The molecule has 1 aromatic carbocycles. The van der Waals surface area contributed by atoms with Gasteiger partial charge < -0.3 is 4.74 Å². The van der Waals surface area contributed by atoms with Crippen LogP contribution in [0.1, 0.15) is 18.1 Å². The lowest BCUT2D eigenvalue weighted by molar-refractivity contribution is -0.148. The molecular formula is C15H15NO3. The molecule has 0 aliphatic rings. The minimum atomic E-state index is -1.39. The molecule has 0 spiro atoms. The Labute approximate surface area is 112 Å². The van der Waals surface area contributed by atoms with Crippen molar-refractivity contribution < 1.29 is 14.3 Å². The van der Waals surface area contributed by atoms with Crippen molar-refractivity contribution in [1.82, 2.24) is 0 Å². The summed E-state index contributed by atoms with van der Waals surface area (Å²) in [5, 5.41) is 8.82. The summed E-state index contributed by atoms with van der Waals surface area (Å²) in [5.74, 6) is -2.76. The van der Waals surface area contributed by atoms with Crippen LogP contribution >= 0.6 is 0 Å². The Morgan fingerprint density at radius 2 is 2.00 bits per heavy atom. The third-order valence-electron chi connectivity index (χ3n) is 2.45. The van der Waals surface area contributed by atoms with E-state index >= 15 is 0 Å². The summed E-state index contributed by atoms with van der Waals surface area (Å²) >= 11 is 0. The van der Waals surface area contributed by atoms with E-state index in [0.29, 0.717) is 0 Å². The topological polar surface area (TPSA) is 67.2 Å². The van der Waals surface area contributed by atoms with Crippen LogP contribution in [0.15, 0.2) is 30.3 Å². The zero-order chi connectivity index (χ0) is 14.3. The Bertz CT molecular complexity index is 523. The van der Waals surface area contributed by atoms with E-state index in [2.05, 4.69) is 4.74 Å². The zero-order valence-corrected chi connectivity index (χ0v) is 10.9. The number of aryl methyl sites for hydroxylation is 1. The molecule has 0 bridgehead atoms. The second-order valence-electron chi connectivity index (χ2n) is 3.96. The van der Waals surface area contributed by atoms with E-state index in [9.17, 15) is 9.59 Å². The summed E-state index contributed by atoms with van der Waals surface area (Å²) in [7, 11) is 0. The van der Waals surface area contributed by atoms with Crippen molar-refractivity contribution in [2.24, 2.45) is 5.92 Å². The summed E-state index contributed by atoms with van der Waals surface area (Å²) in [6.45, 7) is 3.73. The Morgan fingerprint density at radius 3 is 2.53 bits per heavy atom. The van der Waals surface area contributed by atoms with Gasteiger partial charge in [0, 0.05) is 0 Å². The molecule has 98 valence electrons. The highest BCUT2D eigenvalue weighted by atomic mass is 16.5.